The Kier molecular flexibility index (Phi) is 7.69. The first-order valence-corrected chi connectivity index (χ1v) is 10.2. The van der Waals surface area contributed by atoms with Crippen molar-refractivity contribution < 1.29 is 4.79 Å². The van der Waals surface area contributed by atoms with Crippen LogP contribution in [0.3, 0.4) is 0 Å². The first-order chi connectivity index (χ1) is 14.2. The summed E-state index contributed by atoms with van der Waals surface area (Å²) in [4.78, 5) is 25.0. The van der Waals surface area contributed by atoms with Crippen LogP contribution in [0.4, 0.5) is 5.69 Å². The third-order valence-electron chi connectivity index (χ3n) is 4.88. The van der Waals surface area contributed by atoms with Crippen LogP contribution < -0.4 is 15.5 Å². The number of hydrogen-bond acceptors (Lipinski definition) is 4. The first kappa shape index (κ1) is 20.9. The van der Waals surface area contributed by atoms with E-state index in [9.17, 15) is 4.79 Å². The lowest BCUT2D eigenvalue weighted by atomic mass is 10.2. The van der Waals surface area contributed by atoms with Crippen molar-refractivity contribution >= 4 is 29.2 Å². The van der Waals surface area contributed by atoms with Crippen LogP contribution in [0.5, 0.6) is 0 Å². The molecule has 8 heteroatoms. The zero-order chi connectivity index (χ0) is 20.5. The number of aromatic nitrogens is 1. The number of aliphatic imine (C=N–C) groups is 1. The van der Waals surface area contributed by atoms with E-state index in [4.69, 9.17) is 11.6 Å². The molecule has 1 fully saturated rings. The normalized spacial score (nSPS) is 14.6. The maximum atomic E-state index is 12.5. The SMILES string of the molecule is CN=C(NCCc1ccc(Cl)nc1)NCC(=O)N1CCN(c2ccccc2)CC1. The summed E-state index contributed by atoms with van der Waals surface area (Å²) < 4.78 is 0. The van der Waals surface area contributed by atoms with Crippen LogP contribution in [0.2, 0.25) is 5.15 Å². The van der Waals surface area contributed by atoms with Crippen molar-refractivity contribution in [2.75, 3.05) is 51.2 Å². The highest BCUT2D eigenvalue weighted by Crippen LogP contribution is 2.15. The van der Waals surface area contributed by atoms with Gasteiger partial charge in [0, 0.05) is 51.7 Å². The lowest BCUT2D eigenvalue weighted by molar-refractivity contribution is -0.130. The van der Waals surface area contributed by atoms with E-state index in [-0.39, 0.29) is 12.5 Å². The second kappa shape index (κ2) is 10.7. The number of guanidine groups is 1. The van der Waals surface area contributed by atoms with Crippen molar-refractivity contribution in [3.8, 4) is 0 Å². The molecule has 29 heavy (non-hydrogen) atoms. The highest BCUT2D eigenvalue weighted by molar-refractivity contribution is 6.29. The molecular formula is C21H27ClN6O. The fourth-order valence-electron chi connectivity index (χ4n) is 3.22. The van der Waals surface area contributed by atoms with Gasteiger partial charge in [0.05, 0.1) is 6.54 Å². The number of halogens is 1. The average Bonchev–Trinajstić information content (AvgIpc) is 2.78. The monoisotopic (exact) mass is 414 g/mol. The molecule has 3 rings (SSSR count). The number of pyridine rings is 1. The van der Waals surface area contributed by atoms with E-state index in [0.717, 1.165) is 38.2 Å². The van der Waals surface area contributed by atoms with Crippen LogP contribution in [-0.2, 0) is 11.2 Å². The van der Waals surface area contributed by atoms with E-state index in [1.54, 1.807) is 19.3 Å². The zero-order valence-corrected chi connectivity index (χ0v) is 17.4. The van der Waals surface area contributed by atoms with Crippen LogP contribution in [0.1, 0.15) is 5.56 Å². The third kappa shape index (κ3) is 6.35. The minimum atomic E-state index is 0.0857. The van der Waals surface area contributed by atoms with E-state index in [0.29, 0.717) is 17.7 Å². The predicted molar refractivity (Wildman–Crippen MR) is 118 cm³/mol. The third-order valence-corrected chi connectivity index (χ3v) is 5.10. The second-order valence-electron chi connectivity index (χ2n) is 6.80. The fourth-order valence-corrected chi connectivity index (χ4v) is 3.34. The van der Waals surface area contributed by atoms with Crippen molar-refractivity contribution in [3.05, 3.63) is 59.4 Å². The number of nitrogens with one attached hydrogen (secondary N) is 2. The number of rotatable bonds is 6. The molecule has 0 atom stereocenters. The number of carbonyl (C=O) groups excluding carboxylic acids is 1. The summed E-state index contributed by atoms with van der Waals surface area (Å²) in [6.07, 6.45) is 2.55. The molecule has 1 aromatic carbocycles. The molecule has 2 N–H and O–H groups in total. The molecule has 1 amide bonds. The Hall–Kier alpha value is -2.80. The molecule has 0 saturated carbocycles. The summed E-state index contributed by atoms with van der Waals surface area (Å²) in [6, 6.07) is 14.0. The number of piperazine rings is 1. The first-order valence-electron chi connectivity index (χ1n) is 9.78. The van der Waals surface area contributed by atoms with Crippen molar-refractivity contribution in [2.24, 2.45) is 4.99 Å². The minimum Gasteiger partial charge on any atom is -0.368 e. The number of amides is 1. The topological polar surface area (TPSA) is 72.9 Å². The number of para-hydroxylation sites is 1. The van der Waals surface area contributed by atoms with Crippen LogP contribution in [0.15, 0.2) is 53.7 Å². The summed E-state index contributed by atoms with van der Waals surface area (Å²) in [7, 11) is 1.70. The Bertz CT molecular complexity index is 804. The summed E-state index contributed by atoms with van der Waals surface area (Å²) in [5, 5.41) is 6.81. The summed E-state index contributed by atoms with van der Waals surface area (Å²) in [5.41, 5.74) is 2.29. The van der Waals surface area contributed by atoms with Gasteiger partial charge < -0.3 is 20.4 Å². The molecule has 0 aliphatic carbocycles. The van der Waals surface area contributed by atoms with Crippen LogP contribution in [0, 0.1) is 0 Å². The molecule has 1 aromatic heterocycles. The van der Waals surface area contributed by atoms with Gasteiger partial charge >= 0.3 is 0 Å². The van der Waals surface area contributed by atoms with E-state index < -0.39 is 0 Å². The van der Waals surface area contributed by atoms with Crippen molar-refractivity contribution in [3.63, 3.8) is 0 Å². The van der Waals surface area contributed by atoms with Gasteiger partial charge in [0.25, 0.3) is 0 Å². The number of hydrogen-bond donors (Lipinski definition) is 2. The van der Waals surface area contributed by atoms with Gasteiger partial charge in [0.1, 0.15) is 5.15 Å². The second-order valence-corrected chi connectivity index (χ2v) is 7.18. The summed E-state index contributed by atoms with van der Waals surface area (Å²) in [6.45, 7) is 4.06. The molecule has 1 saturated heterocycles. The van der Waals surface area contributed by atoms with E-state index >= 15 is 0 Å². The van der Waals surface area contributed by atoms with Crippen molar-refractivity contribution in [2.45, 2.75) is 6.42 Å². The highest BCUT2D eigenvalue weighted by Gasteiger charge is 2.21. The molecule has 154 valence electrons. The molecule has 0 spiro atoms. The Morgan fingerprint density at radius 3 is 2.52 bits per heavy atom. The lowest BCUT2D eigenvalue weighted by Crippen LogP contribution is -2.52. The Morgan fingerprint density at radius 2 is 1.86 bits per heavy atom. The van der Waals surface area contributed by atoms with E-state index in [2.05, 4.69) is 37.6 Å². The Morgan fingerprint density at radius 1 is 1.10 bits per heavy atom. The summed E-state index contributed by atoms with van der Waals surface area (Å²) in [5.74, 6) is 0.700. The van der Waals surface area contributed by atoms with E-state index in [1.807, 2.05) is 29.2 Å². The molecule has 0 bridgehead atoms. The smallest absolute Gasteiger partial charge is 0.242 e. The predicted octanol–water partition coefficient (Wildman–Crippen LogP) is 1.79. The number of nitrogens with zero attached hydrogens (tertiary/aromatic N) is 4. The highest BCUT2D eigenvalue weighted by atomic mass is 35.5. The van der Waals surface area contributed by atoms with Crippen LogP contribution >= 0.6 is 11.6 Å². The van der Waals surface area contributed by atoms with Crippen molar-refractivity contribution in [1.29, 1.82) is 0 Å². The van der Waals surface area contributed by atoms with Gasteiger partial charge in [-0.3, -0.25) is 9.79 Å². The molecule has 1 aliphatic heterocycles. The summed E-state index contributed by atoms with van der Waals surface area (Å²) >= 11 is 5.80. The van der Waals surface area contributed by atoms with Gasteiger partial charge in [-0.1, -0.05) is 35.9 Å². The van der Waals surface area contributed by atoms with Crippen LogP contribution in [-0.4, -0.2) is 68.1 Å². The van der Waals surface area contributed by atoms with Crippen LogP contribution in [0.25, 0.3) is 0 Å². The van der Waals surface area contributed by atoms with Gasteiger partial charge in [0.15, 0.2) is 5.96 Å². The molecule has 2 heterocycles. The molecular weight excluding hydrogens is 388 g/mol. The van der Waals surface area contributed by atoms with Gasteiger partial charge in [-0.05, 0) is 30.2 Å². The van der Waals surface area contributed by atoms with Gasteiger partial charge in [0.2, 0.25) is 5.91 Å². The molecule has 1 aliphatic rings. The standard InChI is InChI=1S/C21H27ClN6O/c1-23-21(24-10-9-17-7-8-19(22)25-15-17)26-16-20(29)28-13-11-27(12-14-28)18-5-3-2-4-6-18/h2-8,15H,9-14,16H2,1H3,(H2,23,24,26). The number of anilines is 1. The average molecular weight is 415 g/mol. The quantitative estimate of drug-likeness (QED) is 0.428. The molecule has 0 unspecified atom stereocenters. The molecule has 2 aromatic rings. The molecule has 7 nitrogen and oxygen atoms in total. The minimum absolute atomic E-state index is 0.0857. The van der Waals surface area contributed by atoms with E-state index in [1.165, 1.54) is 5.69 Å². The molecule has 0 radical (unpaired) electrons. The Labute approximate surface area is 176 Å². The van der Waals surface area contributed by atoms with Gasteiger partial charge in [-0.25, -0.2) is 4.98 Å². The zero-order valence-electron chi connectivity index (χ0n) is 16.6. The Balaban J connectivity index is 1.37. The van der Waals surface area contributed by atoms with Gasteiger partial charge in [-0.15, -0.1) is 0 Å². The van der Waals surface area contributed by atoms with Crippen molar-refractivity contribution in [1.82, 2.24) is 20.5 Å². The number of benzene rings is 1. The maximum absolute atomic E-state index is 12.5. The van der Waals surface area contributed by atoms with Gasteiger partial charge in [-0.2, -0.15) is 0 Å². The largest absolute Gasteiger partial charge is 0.368 e. The fraction of sp³-hybridized carbons (Fsp3) is 0.381. The number of carbonyl (C=O) groups is 1. The maximum Gasteiger partial charge on any atom is 0.242 e. The lowest BCUT2D eigenvalue weighted by Gasteiger charge is -2.36.